The van der Waals surface area contributed by atoms with Gasteiger partial charge in [-0.25, -0.2) is 9.97 Å². The number of aromatic nitrogens is 3. The lowest BCUT2D eigenvalue weighted by Gasteiger charge is -2.58. The summed E-state index contributed by atoms with van der Waals surface area (Å²) >= 11 is 0. The first-order valence-corrected chi connectivity index (χ1v) is 12.4. The Labute approximate surface area is 185 Å². The molecule has 0 aromatic carbocycles. The van der Waals surface area contributed by atoms with E-state index in [4.69, 9.17) is 4.98 Å². The number of nitrogens with zero attached hydrogens (tertiary/aromatic N) is 2. The molecule has 3 saturated carbocycles. The Morgan fingerprint density at radius 3 is 2.81 bits per heavy atom. The third kappa shape index (κ3) is 2.75. The van der Waals surface area contributed by atoms with Gasteiger partial charge in [0.15, 0.2) is 11.4 Å². The summed E-state index contributed by atoms with van der Waals surface area (Å²) < 4.78 is 0. The van der Waals surface area contributed by atoms with Crippen LogP contribution >= 0.6 is 0 Å². The number of H-pyrrole nitrogens is 1. The van der Waals surface area contributed by atoms with E-state index in [0.717, 1.165) is 54.0 Å². The predicted molar refractivity (Wildman–Crippen MR) is 123 cm³/mol. The zero-order valence-corrected chi connectivity index (χ0v) is 19.2. The average Bonchev–Trinajstić information content (AvgIpc) is 3.34. The molecule has 3 fully saturated rings. The SMILES string of the molecule is C[C@H](c1nc2ncccc2[nH]1)C1CCC2C3CCC4=CC(=O)CC[C@]4(C)C3CC[C@@]21C. The number of pyridine rings is 1. The Kier molecular flexibility index (Phi) is 4.30. The van der Waals surface area contributed by atoms with Crippen molar-refractivity contribution in [2.75, 3.05) is 0 Å². The van der Waals surface area contributed by atoms with Crippen molar-refractivity contribution in [3.8, 4) is 0 Å². The van der Waals surface area contributed by atoms with Crippen LogP contribution in [0, 0.1) is 34.5 Å². The molecule has 2 heterocycles. The summed E-state index contributed by atoms with van der Waals surface area (Å²) in [5.41, 5.74) is 4.05. The highest BCUT2D eigenvalue weighted by atomic mass is 16.1. The number of fused-ring (bicyclic) bond motifs is 6. The lowest BCUT2D eigenvalue weighted by atomic mass is 9.46. The minimum atomic E-state index is 0.270. The van der Waals surface area contributed by atoms with Crippen LogP contribution in [0.25, 0.3) is 11.2 Å². The molecule has 0 spiro atoms. The quantitative estimate of drug-likeness (QED) is 0.632. The van der Waals surface area contributed by atoms with Gasteiger partial charge in [-0.05, 0) is 97.7 Å². The van der Waals surface area contributed by atoms with Gasteiger partial charge in [-0.2, -0.15) is 0 Å². The lowest BCUT2D eigenvalue weighted by Crippen LogP contribution is -2.50. The molecular formula is C27H35N3O. The highest BCUT2D eigenvalue weighted by Gasteiger charge is 2.59. The molecule has 4 aliphatic rings. The molecule has 0 saturated heterocycles. The monoisotopic (exact) mass is 417 g/mol. The number of hydrogen-bond donors (Lipinski definition) is 1. The van der Waals surface area contributed by atoms with E-state index in [1.54, 1.807) is 0 Å². The lowest BCUT2D eigenvalue weighted by molar-refractivity contribution is -0.117. The highest BCUT2D eigenvalue weighted by Crippen LogP contribution is 2.68. The molecule has 31 heavy (non-hydrogen) atoms. The molecule has 2 aromatic rings. The van der Waals surface area contributed by atoms with E-state index >= 15 is 0 Å². The standard InChI is InChI=1S/C27H35N3O/c1-16(24-29-23-5-4-14-28-25(23)30-24)20-8-9-21-19-7-6-17-15-18(31)10-12-26(17,2)22(19)11-13-27(20,21)3/h4-5,14-16,19-22H,6-13H2,1-3H3,(H,28,29,30)/t16-,19?,20?,21?,22?,26-,27+/m0/s1. The fraction of sp³-hybridized carbons (Fsp3) is 0.667. The Balaban J connectivity index is 1.29. The van der Waals surface area contributed by atoms with E-state index in [9.17, 15) is 4.79 Å². The van der Waals surface area contributed by atoms with Crippen molar-refractivity contribution < 1.29 is 4.79 Å². The number of rotatable bonds is 2. The van der Waals surface area contributed by atoms with Crippen LogP contribution in [0.1, 0.15) is 83.9 Å². The van der Waals surface area contributed by atoms with E-state index < -0.39 is 0 Å². The van der Waals surface area contributed by atoms with Gasteiger partial charge in [0.1, 0.15) is 5.82 Å². The van der Waals surface area contributed by atoms with Gasteiger partial charge in [0.25, 0.3) is 0 Å². The van der Waals surface area contributed by atoms with Crippen LogP contribution in [-0.2, 0) is 4.79 Å². The Morgan fingerprint density at radius 1 is 1.10 bits per heavy atom. The summed E-state index contributed by atoms with van der Waals surface area (Å²) in [5.74, 6) is 5.00. The van der Waals surface area contributed by atoms with Crippen LogP contribution < -0.4 is 0 Å². The van der Waals surface area contributed by atoms with Crippen LogP contribution in [-0.4, -0.2) is 20.7 Å². The molecular weight excluding hydrogens is 382 g/mol. The van der Waals surface area contributed by atoms with Gasteiger partial charge in [-0.15, -0.1) is 0 Å². The van der Waals surface area contributed by atoms with Crippen molar-refractivity contribution in [1.82, 2.24) is 15.0 Å². The van der Waals surface area contributed by atoms with Crippen molar-refractivity contribution in [2.24, 2.45) is 34.5 Å². The molecule has 1 N–H and O–H groups in total. The minimum absolute atomic E-state index is 0.270. The summed E-state index contributed by atoms with van der Waals surface area (Å²) in [6.45, 7) is 7.47. The van der Waals surface area contributed by atoms with Crippen LogP contribution in [0.5, 0.6) is 0 Å². The van der Waals surface area contributed by atoms with Crippen LogP contribution in [0.15, 0.2) is 30.0 Å². The minimum Gasteiger partial charge on any atom is -0.340 e. The maximum absolute atomic E-state index is 12.1. The van der Waals surface area contributed by atoms with Gasteiger partial charge in [-0.1, -0.05) is 26.3 Å². The van der Waals surface area contributed by atoms with Crippen molar-refractivity contribution >= 4 is 16.9 Å². The summed E-state index contributed by atoms with van der Waals surface area (Å²) in [6, 6.07) is 4.06. The first kappa shape index (κ1) is 19.7. The van der Waals surface area contributed by atoms with Crippen molar-refractivity contribution in [3.05, 3.63) is 35.8 Å². The summed E-state index contributed by atoms with van der Waals surface area (Å²) in [7, 11) is 0. The second-order valence-electron chi connectivity index (χ2n) is 11.5. The van der Waals surface area contributed by atoms with E-state index in [1.807, 2.05) is 18.3 Å². The topological polar surface area (TPSA) is 58.6 Å². The zero-order valence-electron chi connectivity index (χ0n) is 19.2. The number of hydrogen-bond acceptors (Lipinski definition) is 3. The van der Waals surface area contributed by atoms with Crippen LogP contribution in [0.4, 0.5) is 0 Å². The number of carbonyl (C=O) groups excluding carboxylic acids is 1. The fourth-order valence-corrected chi connectivity index (χ4v) is 8.69. The maximum Gasteiger partial charge on any atom is 0.177 e. The van der Waals surface area contributed by atoms with Gasteiger partial charge < -0.3 is 4.98 Å². The van der Waals surface area contributed by atoms with Crippen molar-refractivity contribution in [2.45, 2.75) is 78.1 Å². The van der Waals surface area contributed by atoms with E-state index in [1.165, 1.54) is 37.7 Å². The van der Waals surface area contributed by atoms with Gasteiger partial charge in [0.05, 0.1) is 5.52 Å². The number of aromatic amines is 1. The molecule has 4 aliphatic carbocycles. The van der Waals surface area contributed by atoms with Gasteiger partial charge >= 0.3 is 0 Å². The third-order valence-electron chi connectivity index (χ3n) is 10.3. The maximum atomic E-state index is 12.1. The second kappa shape index (κ2) is 6.76. The first-order valence-electron chi connectivity index (χ1n) is 12.4. The Hall–Kier alpha value is -1.97. The Bertz CT molecular complexity index is 1040. The van der Waals surface area contributed by atoms with E-state index in [0.29, 0.717) is 23.0 Å². The van der Waals surface area contributed by atoms with E-state index in [2.05, 4.69) is 36.8 Å². The smallest absolute Gasteiger partial charge is 0.177 e. The number of nitrogens with one attached hydrogen (secondary N) is 1. The molecule has 4 unspecified atom stereocenters. The molecule has 164 valence electrons. The number of carbonyl (C=O) groups is 1. The molecule has 4 nitrogen and oxygen atoms in total. The van der Waals surface area contributed by atoms with Crippen molar-refractivity contribution in [3.63, 3.8) is 0 Å². The molecule has 6 rings (SSSR count). The van der Waals surface area contributed by atoms with Crippen LogP contribution in [0.3, 0.4) is 0 Å². The van der Waals surface area contributed by atoms with Gasteiger partial charge in [-0.3, -0.25) is 4.79 Å². The van der Waals surface area contributed by atoms with Crippen molar-refractivity contribution in [1.29, 1.82) is 0 Å². The number of ketones is 1. The molecule has 0 aliphatic heterocycles. The molecule has 2 aromatic heterocycles. The number of imidazole rings is 1. The molecule has 0 radical (unpaired) electrons. The second-order valence-corrected chi connectivity index (χ2v) is 11.5. The molecule has 7 atom stereocenters. The normalized spacial score (nSPS) is 40.7. The van der Waals surface area contributed by atoms with E-state index in [-0.39, 0.29) is 5.41 Å². The average molecular weight is 418 g/mol. The Morgan fingerprint density at radius 2 is 1.97 bits per heavy atom. The third-order valence-corrected chi connectivity index (χ3v) is 10.3. The fourth-order valence-electron chi connectivity index (χ4n) is 8.69. The molecule has 0 bridgehead atoms. The summed E-state index contributed by atoms with van der Waals surface area (Å²) in [6.07, 6.45) is 13.4. The predicted octanol–water partition coefficient (Wildman–Crippen LogP) is 6.21. The summed E-state index contributed by atoms with van der Waals surface area (Å²) in [4.78, 5) is 25.0. The summed E-state index contributed by atoms with van der Waals surface area (Å²) in [5, 5.41) is 0. The van der Waals surface area contributed by atoms with Gasteiger partial charge in [0, 0.05) is 18.5 Å². The number of allylic oxidation sites excluding steroid dienone is 1. The van der Waals surface area contributed by atoms with Crippen LogP contribution in [0.2, 0.25) is 0 Å². The van der Waals surface area contributed by atoms with Gasteiger partial charge in [0.2, 0.25) is 0 Å². The first-order chi connectivity index (χ1) is 14.9. The largest absolute Gasteiger partial charge is 0.340 e. The molecule has 4 heteroatoms. The zero-order chi connectivity index (χ0) is 21.4. The highest BCUT2D eigenvalue weighted by molar-refractivity contribution is 5.91. The molecule has 0 amide bonds.